The number of hydrogen-bond acceptors (Lipinski definition) is 2. The molecule has 0 saturated heterocycles. The summed E-state index contributed by atoms with van der Waals surface area (Å²) in [6, 6.07) is 0.462. The predicted octanol–water partition coefficient (Wildman–Crippen LogP) is 4.60. The molecule has 1 aliphatic carbocycles. The summed E-state index contributed by atoms with van der Waals surface area (Å²) in [6.07, 6.45) is 9.13. The molecule has 1 aromatic heterocycles. The molecule has 0 aliphatic heterocycles. The highest BCUT2D eigenvalue weighted by molar-refractivity contribution is 7.08. The van der Waals surface area contributed by atoms with Gasteiger partial charge in [0, 0.05) is 0 Å². The summed E-state index contributed by atoms with van der Waals surface area (Å²) in [4.78, 5) is 0. The molecule has 1 nitrogen and oxygen atoms in total. The Labute approximate surface area is 109 Å². The van der Waals surface area contributed by atoms with Gasteiger partial charge >= 0.3 is 0 Å². The van der Waals surface area contributed by atoms with Crippen LogP contribution in [0.3, 0.4) is 0 Å². The van der Waals surface area contributed by atoms with Crippen molar-refractivity contribution in [2.24, 2.45) is 0 Å². The number of likely N-dealkylation sites (N-methyl/N-ethyl adjacent to an activating group) is 1. The van der Waals surface area contributed by atoms with Crippen molar-refractivity contribution in [2.75, 3.05) is 6.54 Å². The minimum atomic E-state index is 0.462. The monoisotopic (exact) mass is 249 g/mol. The molecule has 1 unspecified atom stereocenters. The molecule has 2 heteroatoms. The molecule has 1 atom stereocenters. The van der Waals surface area contributed by atoms with Crippen LogP contribution in [0, 0.1) is 6.92 Å². The average molecular weight is 249 g/mol. The zero-order valence-corrected chi connectivity index (χ0v) is 11.8. The van der Waals surface area contributed by atoms with Crippen molar-refractivity contribution in [2.45, 2.75) is 52.0 Å². The van der Waals surface area contributed by atoms with Gasteiger partial charge in [-0.1, -0.05) is 25.0 Å². The van der Waals surface area contributed by atoms with E-state index < -0.39 is 0 Å². The van der Waals surface area contributed by atoms with E-state index in [2.05, 4.69) is 36.0 Å². The van der Waals surface area contributed by atoms with Crippen molar-refractivity contribution in [1.82, 2.24) is 5.32 Å². The highest BCUT2D eigenvalue weighted by atomic mass is 32.1. The normalized spacial score (nSPS) is 18.6. The molecule has 0 saturated carbocycles. The first-order chi connectivity index (χ1) is 8.33. The second-order valence-corrected chi connectivity index (χ2v) is 5.62. The lowest BCUT2D eigenvalue weighted by Crippen LogP contribution is -2.23. The highest BCUT2D eigenvalue weighted by Gasteiger charge is 2.18. The topological polar surface area (TPSA) is 12.0 Å². The van der Waals surface area contributed by atoms with Gasteiger partial charge in [-0.2, -0.15) is 11.3 Å². The Morgan fingerprint density at radius 2 is 2.18 bits per heavy atom. The van der Waals surface area contributed by atoms with E-state index in [0.29, 0.717) is 6.04 Å². The lowest BCUT2D eigenvalue weighted by Gasteiger charge is -2.21. The molecule has 1 heterocycles. The SMILES string of the molecule is CCNC(C1=CCCCCC1)c1cscc1C. The van der Waals surface area contributed by atoms with E-state index >= 15 is 0 Å². The first-order valence-electron chi connectivity index (χ1n) is 6.78. The molecule has 1 aliphatic rings. The maximum absolute atomic E-state index is 3.66. The lowest BCUT2D eigenvalue weighted by molar-refractivity contribution is 0.589. The van der Waals surface area contributed by atoms with Crippen LogP contribution in [0.4, 0.5) is 0 Å². The van der Waals surface area contributed by atoms with Crippen LogP contribution in [-0.4, -0.2) is 6.54 Å². The van der Waals surface area contributed by atoms with E-state index in [1.54, 1.807) is 5.57 Å². The second-order valence-electron chi connectivity index (χ2n) is 4.88. The van der Waals surface area contributed by atoms with E-state index in [1.807, 2.05) is 11.3 Å². The summed E-state index contributed by atoms with van der Waals surface area (Å²) in [5.41, 5.74) is 4.54. The third kappa shape index (κ3) is 3.20. The molecule has 0 aromatic carbocycles. The van der Waals surface area contributed by atoms with E-state index in [9.17, 15) is 0 Å². The van der Waals surface area contributed by atoms with Gasteiger partial charge in [0.1, 0.15) is 0 Å². The number of nitrogens with one attached hydrogen (secondary N) is 1. The fraction of sp³-hybridized carbons (Fsp3) is 0.600. The minimum absolute atomic E-state index is 0.462. The molecule has 0 fully saturated rings. The Morgan fingerprint density at radius 1 is 1.29 bits per heavy atom. The fourth-order valence-electron chi connectivity index (χ4n) is 2.61. The molecule has 2 rings (SSSR count). The molecule has 0 spiro atoms. The number of rotatable bonds is 4. The molecule has 0 amide bonds. The van der Waals surface area contributed by atoms with Crippen LogP contribution in [-0.2, 0) is 0 Å². The standard InChI is InChI=1S/C15H23NS/c1-3-16-15(14-11-17-10-12(14)2)13-8-6-4-5-7-9-13/h8,10-11,15-16H,3-7,9H2,1-2H3. The van der Waals surface area contributed by atoms with Crippen LogP contribution >= 0.6 is 11.3 Å². The first-order valence-corrected chi connectivity index (χ1v) is 7.72. The number of allylic oxidation sites excluding steroid dienone is 1. The molecule has 17 heavy (non-hydrogen) atoms. The minimum Gasteiger partial charge on any atom is -0.307 e. The molecule has 0 bridgehead atoms. The number of hydrogen-bond donors (Lipinski definition) is 1. The van der Waals surface area contributed by atoms with E-state index in [4.69, 9.17) is 0 Å². The molecule has 0 radical (unpaired) electrons. The van der Waals surface area contributed by atoms with Gasteiger partial charge in [-0.15, -0.1) is 0 Å². The summed E-state index contributed by atoms with van der Waals surface area (Å²) in [7, 11) is 0. The molecular formula is C15H23NS. The van der Waals surface area contributed by atoms with Gasteiger partial charge in [-0.05, 0) is 61.0 Å². The van der Waals surface area contributed by atoms with Crippen molar-refractivity contribution in [3.8, 4) is 0 Å². The van der Waals surface area contributed by atoms with Crippen LogP contribution in [0.1, 0.15) is 56.2 Å². The number of thiophene rings is 1. The largest absolute Gasteiger partial charge is 0.307 e. The Hall–Kier alpha value is -0.600. The van der Waals surface area contributed by atoms with Gasteiger partial charge in [0.25, 0.3) is 0 Å². The van der Waals surface area contributed by atoms with Crippen molar-refractivity contribution < 1.29 is 0 Å². The molecule has 1 aromatic rings. The van der Waals surface area contributed by atoms with Crippen molar-refractivity contribution in [3.63, 3.8) is 0 Å². The Morgan fingerprint density at radius 3 is 2.88 bits per heavy atom. The predicted molar refractivity (Wildman–Crippen MR) is 76.6 cm³/mol. The van der Waals surface area contributed by atoms with E-state index in [1.165, 1.54) is 43.2 Å². The molecular weight excluding hydrogens is 226 g/mol. The molecule has 1 N–H and O–H groups in total. The zero-order chi connectivity index (χ0) is 12.1. The van der Waals surface area contributed by atoms with E-state index in [-0.39, 0.29) is 0 Å². The van der Waals surface area contributed by atoms with Crippen LogP contribution in [0.2, 0.25) is 0 Å². The molecule has 94 valence electrons. The second kappa shape index (κ2) is 6.36. The Kier molecular flexibility index (Phi) is 4.81. The van der Waals surface area contributed by atoms with Gasteiger partial charge in [-0.3, -0.25) is 0 Å². The third-order valence-electron chi connectivity index (χ3n) is 3.56. The van der Waals surface area contributed by atoms with Gasteiger partial charge in [0.2, 0.25) is 0 Å². The smallest absolute Gasteiger partial charge is 0.0546 e. The lowest BCUT2D eigenvalue weighted by atomic mass is 9.95. The van der Waals surface area contributed by atoms with E-state index in [0.717, 1.165) is 6.54 Å². The van der Waals surface area contributed by atoms with Gasteiger partial charge in [0.15, 0.2) is 0 Å². The van der Waals surface area contributed by atoms with Crippen molar-refractivity contribution in [3.05, 3.63) is 33.5 Å². The van der Waals surface area contributed by atoms with Crippen molar-refractivity contribution >= 4 is 11.3 Å². The van der Waals surface area contributed by atoms with Gasteiger partial charge in [0.05, 0.1) is 6.04 Å². The maximum atomic E-state index is 3.66. The first kappa shape index (κ1) is 12.8. The average Bonchev–Trinajstić information content (AvgIpc) is 2.60. The fourth-order valence-corrected chi connectivity index (χ4v) is 3.49. The summed E-state index contributed by atoms with van der Waals surface area (Å²) in [6.45, 7) is 5.47. The van der Waals surface area contributed by atoms with Crippen LogP contribution in [0.25, 0.3) is 0 Å². The van der Waals surface area contributed by atoms with Crippen LogP contribution < -0.4 is 5.32 Å². The van der Waals surface area contributed by atoms with Crippen molar-refractivity contribution in [1.29, 1.82) is 0 Å². The third-order valence-corrected chi connectivity index (χ3v) is 4.44. The maximum Gasteiger partial charge on any atom is 0.0546 e. The van der Waals surface area contributed by atoms with Gasteiger partial charge < -0.3 is 5.32 Å². The Bertz CT molecular complexity index is 378. The number of aryl methyl sites for hydroxylation is 1. The quantitative estimate of drug-likeness (QED) is 0.769. The summed E-state index contributed by atoms with van der Waals surface area (Å²) >= 11 is 1.82. The van der Waals surface area contributed by atoms with Gasteiger partial charge in [-0.25, -0.2) is 0 Å². The summed E-state index contributed by atoms with van der Waals surface area (Å²) in [5, 5.41) is 8.24. The Balaban J connectivity index is 2.22. The summed E-state index contributed by atoms with van der Waals surface area (Å²) < 4.78 is 0. The highest BCUT2D eigenvalue weighted by Crippen LogP contribution is 2.32. The van der Waals surface area contributed by atoms with Crippen LogP contribution in [0.15, 0.2) is 22.4 Å². The summed E-state index contributed by atoms with van der Waals surface area (Å²) in [5.74, 6) is 0. The van der Waals surface area contributed by atoms with Crippen LogP contribution in [0.5, 0.6) is 0 Å². The zero-order valence-electron chi connectivity index (χ0n) is 11.0.